The average molecular weight is 376 g/mol. The van der Waals surface area contributed by atoms with Crippen molar-refractivity contribution in [3.8, 4) is 0 Å². The van der Waals surface area contributed by atoms with E-state index in [0.29, 0.717) is 38.3 Å². The number of nitrogens with one attached hydrogen (secondary N) is 1. The molecule has 0 aliphatic carbocycles. The van der Waals surface area contributed by atoms with Crippen molar-refractivity contribution in [3.05, 3.63) is 12.2 Å². The van der Waals surface area contributed by atoms with Gasteiger partial charge in [0, 0.05) is 30.6 Å². The standard InChI is InChI=1S/C18H33N3O3.ClH/c1-15(2)17(23)19-18(3,4)8-12-21(5,6)11-7-16(22)20-9-13-24-14-10-20;/h1,7-14H2,2-6H3;1H. The van der Waals surface area contributed by atoms with E-state index < -0.39 is 0 Å². The summed E-state index contributed by atoms with van der Waals surface area (Å²) >= 11 is 0. The van der Waals surface area contributed by atoms with Crippen molar-refractivity contribution in [2.75, 3.05) is 53.5 Å². The molecule has 146 valence electrons. The number of morpholine rings is 1. The molecule has 0 spiro atoms. The van der Waals surface area contributed by atoms with E-state index in [1.807, 2.05) is 18.7 Å². The summed E-state index contributed by atoms with van der Waals surface area (Å²) < 4.78 is 6.03. The van der Waals surface area contributed by atoms with Crippen LogP contribution in [-0.2, 0) is 14.3 Å². The van der Waals surface area contributed by atoms with Crippen LogP contribution in [0.1, 0.15) is 33.6 Å². The second-order valence-electron chi connectivity index (χ2n) is 7.99. The number of quaternary nitrogens is 1. The van der Waals surface area contributed by atoms with Gasteiger partial charge in [-0.25, -0.2) is 0 Å². The highest BCUT2D eigenvalue weighted by atomic mass is 35.5. The highest BCUT2D eigenvalue weighted by Gasteiger charge is 2.27. The first-order valence-electron chi connectivity index (χ1n) is 8.68. The number of ether oxygens (including phenoxy) is 1. The number of nitrogens with zero attached hydrogens (tertiary/aromatic N) is 2. The third-order valence-electron chi connectivity index (χ3n) is 4.48. The van der Waals surface area contributed by atoms with Gasteiger partial charge in [0.05, 0.1) is 46.8 Å². The van der Waals surface area contributed by atoms with Crippen LogP contribution >= 0.6 is 0 Å². The van der Waals surface area contributed by atoms with Crippen molar-refractivity contribution in [2.45, 2.75) is 39.2 Å². The number of halogens is 1. The summed E-state index contributed by atoms with van der Waals surface area (Å²) in [6, 6.07) is 0. The largest absolute Gasteiger partial charge is 1.00 e. The average Bonchev–Trinajstić information content (AvgIpc) is 2.51. The maximum absolute atomic E-state index is 12.3. The highest BCUT2D eigenvalue weighted by molar-refractivity contribution is 5.92. The van der Waals surface area contributed by atoms with Crippen LogP contribution in [0.2, 0.25) is 0 Å². The number of amides is 2. The molecule has 1 saturated heterocycles. The van der Waals surface area contributed by atoms with Gasteiger partial charge in [-0.3, -0.25) is 9.59 Å². The van der Waals surface area contributed by atoms with Crippen LogP contribution in [0.3, 0.4) is 0 Å². The Hall–Kier alpha value is -1.11. The van der Waals surface area contributed by atoms with Gasteiger partial charge in [0.25, 0.3) is 0 Å². The van der Waals surface area contributed by atoms with Crippen LogP contribution in [0.15, 0.2) is 12.2 Å². The summed E-state index contributed by atoms with van der Waals surface area (Å²) in [5, 5.41) is 3.01. The predicted molar refractivity (Wildman–Crippen MR) is 95.5 cm³/mol. The van der Waals surface area contributed by atoms with Crippen molar-refractivity contribution in [1.82, 2.24) is 10.2 Å². The molecule has 0 saturated carbocycles. The van der Waals surface area contributed by atoms with Gasteiger partial charge in [-0.15, -0.1) is 0 Å². The molecule has 0 aromatic heterocycles. The fourth-order valence-corrected chi connectivity index (χ4v) is 2.54. The van der Waals surface area contributed by atoms with Gasteiger partial charge < -0.3 is 31.8 Å². The molecule has 25 heavy (non-hydrogen) atoms. The molecular formula is C18H34ClN3O3. The summed E-state index contributed by atoms with van der Waals surface area (Å²) in [6.45, 7) is 13.8. The lowest BCUT2D eigenvalue weighted by Gasteiger charge is -2.35. The highest BCUT2D eigenvalue weighted by Crippen LogP contribution is 2.14. The Bertz CT molecular complexity index is 472. The minimum absolute atomic E-state index is 0. The lowest BCUT2D eigenvalue weighted by Crippen LogP contribution is -3.00. The van der Waals surface area contributed by atoms with Crippen molar-refractivity contribution in [1.29, 1.82) is 0 Å². The van der Waals surface area contributed by atoms with Gasteiger partial charge in [-0.2, -0.15) is 0 Å². The van der Waals surface area contributed by atoms with Gasteiger partial charge >= 0.3 is 0 Å². The van der Waals surface area contributed by atoms with Crippen LogP contribution < -0.4 is 17.7 Å². The smallest absolute Gasteiger partial charge is 0.246 e. The van der Waals surface area contributed by atoms with E-state index in [2.05, 4.69) is 26.0 Å². The van der Waals surface area contributed by atoms with E-state index in [1.165, 1.54) is 0 Å². The third kappa shape index (κ3) is 9.23. The number of carbonyl (C=O) groups excluding carboxylic acids is 2. The molecule has 7 heteroatoms. The van der Waals surface area contributed by atoms with Crippen LogP contribution in [0.25, 0.3) is 0 Å². The monoisotopic (exact) mass is 375 g/mol. The number of carbonyl (C=O) groups is 2. The summed E-state index contributed by atoms with van der Waals surface area (Å²) in [7, 11) is 4.26. The summed E-state index contributed by atoms with van der Waals surface area (Å²) in [4.78, 5) is 25.9. The van der Waals surface area contributed by atoms with E-state index in [0.717, 1.165) is 24.0 Å². The molecule has 1 aliphatic heterocycles. The van der Waals surface area contributed by atoms with E-state index in [4.69, 9.17) is 4.74 Å². The van der Waals surface area contributed by atoms with Crippen molar-refractivity contribution < 1.29 is 31.2 Å². The number of hydrogen-bond acceptors (Lipinski definition) is 3. The second kappa shape index (κ2) is 10.1. The SMILES string of the molecule is C=C(C)C(=O)NC(C)(C)CC[N+](C)(C)CCC(=O)N1CCOCC1.[Cl-]. The van der Waals surface area contributed by atoms with Gasteiger partial charge in [-0.1, -0.05) is 6.58 Å². The molecule has 2 amide bonds. The van der Waals surface area contributed by atoms with Crippen LogP contribution in [0.4, 0.5) is 0 Å². The molecular weight excluding hydrogens is 342 g/mol. The normalized spacial score (nSPS) is 15.3. The van der Waals surface area contributed by atoms with E-state index in [1.54, 1.807) is 6.92 Å². The van der Waals surface area contributed by atoms with Gasteiger partial charge in [0.1, 0.15) is 0 Å². The lowest BCUT2D eigenvalue weighted by atomic mass is 9.99. The molecule has 0 bridgehead atoms. The fourth-order valence-electron chi connectivity index (χ4n) is 2.54. The molecule has 0 atom stereocenters. The zero-order valence-electron chi connectivity index (χ0n) is 16.4. The van der Waals surface area contributed by atoms with E-state index in [9.17, 15) is 9.59 Å². The van der Waals surface area contributed by atoms with Crippen molar-refractivity contribution in [3.63, 3.8) is 0 Å². The molecule has 0 radical (unpaired) electrons. The lowest BCUT2D eigenvalue weighted by molar-refractivity contribution is -0.890. The summed E-state index contributed by atoms with van der Waals surface area (Å²) in [5.41, 5.74) is 0.229. The Morgan fingerprint density at radius 1 is 1.20 bits per heavy atom. The molecule has 0 aromatic rings. The molecule has 1 heterocycles. The first-order valence-corrected chi connectivity index (χ1v) is 8.68. The molecule has 6 nitrogen and oxygen atoms in total. The summed E-state index contributed by atoms with van der Waals surface area (Å²) in [5.74, 6) is 0.104. The fraction of sp³-hybridized carbons (Fsp3) is 0.778. The Morgan fingerprint density at radius 2 is 1.76 bits per heavy atom. The third-order valence-corrected chi connectivity index (χ3v) is 4.48. The van der Waals surface area contributed by atoms with Crippen LogP contribution in [0.5, 0.6) is 0 Å². The van der Waals surface area contributed by atoms with Crippen molar-refractivity contribution in [2.24, 2.45) is 0 Å². The Kier molecular flexibility index (Phi) is 9.69. The Labute approximate surface area is 158 Å². The Morgan fingerprint density at radius 3 is 2.28 bits per heavy atom. The maximum atomic E-state index is 12.3. The first kappa shape index (κ1) is 23.9. The topological polar surface area (TPSA) is 58.6 Å². The maximum Gasteiger partial charge on any atom is 0.246 e. The first-order chi connectivity index (χ1) is 11.0. The second-order valence-corrected chi connectivity index (χ2v) is 7.99. The number of hydrogen-bond donors (Lipinski definition) is 1. The number of rotatable bonds is 8. The molecule has 0 aromatic carbocycles. The molecule has 1 N–H and O–H groups in total. The predicted octanol–water partition coefficient (Wildman–Crippen LogP) is -1.82. The minimum Gasteiger partial charge on any atom is -1.00 e. The minimum atomic E-state index is -0.292. The zero-order chi connectivity index (χ0) is 18.4. The molecule has 0 unspecified atom stereocenters. The van der Waals surface area contributed by atoms with Gasteiger partial charge in [0.2, 0.25) is 11.8 Å². The van der Waals surface area contributed by atoms with Gasteiger partial charge in [-0.05, 0) is 20.8 Å². The van der Waals surface area contributed by atoms with Crippen LogP contribution in [-0.4, -0.2) is 80.2 Å². The molecule has 1 rings (SSSR count). The van der Waals surface area contributed by atoms with E-state index >= 15 is 0 Å². The quantitative estimate of drug-likeness (QED) is 0.401. The Balaban J connectivity index is 0.00000576. The van der Waals surface area contributed by atoms with Gasteiger partial charge in [0.15, 0.2) is 0 Å². The molecule has 1 aliphatic rings. The zero-order valence-corrected chi connectivity index (χ0v) is 17.1. The van der Waals surface area contributed by atoms with Crippen molar-refractivity contribution >= 4 is 11.8 Å². The molecule has 1 fully saturated rings. The summed E-state index contributed by atoms with van der Waals surface area (Å²) in [6.07, 6.45) is 1.39. The van der Waals surface area contributed by atoms with Crippen LogP contribution in [0, 0.1) is 0 Å². The van der Waals surface area contributed by atoms with E-state index in [-0.39, 0.29) is 29.8 Å².